The van der Waals surface area contributed by atoms with E-state index in [2.05, 4.69) is 26.1 Å². The van der Waals surface area contributed by atoms with Gasteiger partial charge in [0.2, 0.25) is 0 Å². The highest BCUT2D eigenvalue weighted by Crippen LogP contribution is 2.63. The van der Waals surface area contributed by atoms with Gasteiger partial charge in [-0.05, 0) is 60.3 Å². The molecule has 0 heterocycles. The number of fused-ring (bicyclic) bond motifs is 2. The molecule has 2 fully saturated rings. The summed E-state index contributed by atoms with van der Waals surface area (Å²) in [5.41, 5.74) is 1.78. The van der Waals surface area contributed by atoms with E-state index in [0.29, 0.717) is 16.9 Å². The molecule has 0 aromatic heterocycles. The van der Waals surface area contributed by atoms with Crippen molar-refractivity contribution in [2.45, 2.75) is 46.1 Å². The topological polar surface area (TPSA) is 12.0 Å². The minimum Gasteiger partial charge on any atom is -0.381 e. The van der Waals surface area contributed by atoms with E-state index in [-0.39, 0.29) is 5.82 Å². The zero-order valence-electron chi connectivity index (χ0n) is 11.5. The van der Waals surface area contributed by atoms with Crippen molar-refractivity contribution in [3.05, 3.63) is 30.1 Å². The second-order valence-electron chi connectivity index (χ2n) is 7.00. The minimum absolute atomic E-state index is 0.168. The highest BCUT2D eigenvalue weighted by molar-refractivity contribution is 5.45. The summed E-state index contributed by atoms with van der Waals surface area (Å²) in [7, 11) is 0. The Kier molecular flexibility index (Phi) is 2.48. The Morgan fingerprint density at radius 3 is 2.39 bits per heavy atom. The molecule has 3 rings (SSSR count). The first kappa shape index (κ1) is 12.0. The molecule has 0 radical (unpaired) electrons. The molecule has 2 aliphatic rings. The SMILES string of the molecule is CC12CCC(C1)C(C)(C)C2Nc1ccc(F)cc1. The van der Waals surface area contributed by atoms with Gasteiger partial charge in [0.15, 0.2) is 0 Å². The Hall–Kier alpha value is -1.05. The van der Waals surface area contributed by atoms with E-state index in [9.17, 15) is 4.39 Å². The van der Waals surface area contributed by atoms with Crippen molar-refractivity contribution in [2.75, 3.05) is 5.32 Å². The first-order valence-corrected chi connectivity index (χ1v) is 6.94. The van der Waals surface area contributed by atoms with Crippen LogP contribution in [0.2, 0.25) is 0 Å². The van der Waals surface area contributed by atoms with Gasteiger partial charge in [-0.3, -0.25) is 0 Å². The predicted octanol–water partition coefficient (Wildman–Crippen LogP) is 4.45. The number of anilines is 1. The quantitative estimate of drug-likeness (QED) is 0.814. The number of rotatable bonds is 2. The van der Waals surface area contributed by atoms with Gasteiger partial charge in [-0.1, -0.05) is 20.8 Å². The molecule has 0 amide bonds. The molecule has 1 nitrogen and oxygen atoms in total. The Morgan fingerprint density at radius 2 is 1.83 bits per heavy atom. The van der Waals surface area contributed by atoms with Crippen LogP contribution in [0.3, 0.4) is 0 Å². The summed E-state index contributed by atoms with van der Waals surface area (Å²) >= 11 is 0. The van der Waals surface area contributed by atoms with Gasteiger partial charge in [0.25, 0.3) is 0 Å². The van der Waals surface area contributed by atoms with Gasteiger partial charge < -0.3 is 5.32 Å². The second kappa shape index (κ2) is 3.72. The largest absolute Gasteiger partial charge is 0.381 e. The van der Waals surface area contributed by atoms with E-state index in [1.807, 2.05) is 12.1 Å². The van der Waals surface area contributed by atoms with Gasteiger partial charge >= 0.3 is 0 Å². The number of hydrogen-bond donors (Lipinski definition) is 1. The zero-order chi connectivity index (χ0) is 13.0. The third-order valence-corrected chi connectivity index (χ3v) is 5.42. The van der Waals surface area contributed by atoms with Crippen LogP contribution in [0.25, 0.3) is 0 Å². The molecule has 1 aromatic rings. The van der Waals surface area contributed by atoms with Gasteiger partial charge in [-0.15, -0.1) is 0 Å². The molecule has 0 spiro atoms. The fourth-order valence-corrected chi connectivity index (χ4v) is 4.38. The molecule has 2 heteroatoms. The summed E-state index contributed by atoms with van der Waals surface area (Å²) in [5.74, 6) is 0.666. The highest BCUT2D eigenvalue weighted by Gasteiger charge is 2.59. The third kappa shape index (κ3) is 1.65. The smallest absolute Gasteiger partial charge is 0.123 e. The van der Waals surface area contributed by atoms with Gasteiger partial charge in [0.1, 0.15) is 5.82 Å². The number of nitrogens with one attached hydrogen (secondary N) is 1. The lowest BCUT2D eigenvalue weighted by molar-refractivity contribution is 0.155. The average molecular weight is 247 g/mol. The molecule has 0 saturated heterocycles. The maximum Gasteiger partial charge on any atom is 0.123 e. The van der Waals surface area contributed by atoms with Crippen molar-refractivity contribution in [3.8, 4) is 0 Å². The molecule has 98 valence electrons. The fraction of sp³-hybridized carbons (Fsp3) is 0.625. The van der Waals surface area contributed by atoms with Crippen LogP contribution in [0.1, 0.15) is 40.0 Å². The van der Waals surface area contributed by atoms with Crippen LogP contribution in [0.15, 0.2) is 24.3 Å². The normalized spacial score (nSPS) is 36.9. The summed E-state index contributed by atoms with van der Waals surface area (Å²) in [5, 5.41) is 3.66. The van der Waals surface area contributed by atoms with Gasteiger partial charge in [-0.25, -0.2) is 4.39 Å². The lowest BCUT2D eigenvalue weighted by Crippen LogP contribution is -2.45. The molecule has 1 aromatic carbocycles. The van der Waals surface area contributed by atoms with E-state index in [1.54, 1.807) is 0 Å². The highest BCUT2D eigenvalue weighted by atomic mass is 19.1. The van der Waals surface area contributed by atoms with Crippen molar-refractivity contribution >= 4 is 5.69 Å². The van der Waals surface area contributed by atoms with Crippen molar-refractivity contribution in [1.82, 2.24) is 0 Å². The van der Waals surface area contributed by atoms with Crippen molar-refractivity contribution in [1.29, 1.82) is 0 Å². The van der Waals surface area contributed by atoms with Crippen LogP contribution >= 0.6 is 0 Å². The van der Waals surface area contributed by atoms with Crippen LogP contribution in [0, 0.1) is 22.6 Å². The van der Waals surface area contributed by atoms with E-state index in [1.165, 1.54) is 31.4 Å². The van der Waals surface area contributed by atoms with Crippen LogP contribution in [-0.2, 0) is 0 Å². The van der Waals surface area contributed by atoms with Crippen LogP contribution < -0.4 is 5.32 Å². The molecule has 2 saturated carbocycles. The summed E-state index contributed by atoms with van der Waals surface area (Å²) in [6.07, 6.45) is 4.02. The molecular formula is C16H22FN. The van der Waals surface area contributed by atoms with Gasteiger partial charge in [-0.2, -0.15) is 0 Å². The predicted molar refractivity (Wildman–Crippen MR) is 73.0 cm³/mol. The number of halogens is 1. The molecule has 0 aliphatic heterocycles. The Morgan fingerprint density at radius 1 is 1.17 bits per heavy atom. The van der Waals surface area contributed by atoms with E-state index >= 15 is 0 Å². The first-order chi connectivity index (χ1) is 8.42. The summed E-state index contributed by atoms with van der Waals surface area (Å²) in [6.45, 7) is 7.16. The third-order valence-electron chi connectivity index (χ3n) is 5.42. The zero-order valence-corrected chi connectivity index (χ0v) is 11.5. The van der Waals surface area contributed by atoms with E-state index < -0.39 is 0 Å². The lowest BCUT2D eigenvalue weighted by Gasteiger charge is -2.43. The van der Waals surface area contributed by atoms with Crippen molar-refractivity contribution in [3.63, 3.8) is 0 Å². The van der Waals surface area contributed by atoms with E-state index in [4.69, 9.17) is 0 Å². The van der Waals surface area contributed by atoms with Crippen LogP contribution in [-0.4, -0.2) is 6.04 Å². The summed E-state index contributed by atoms with van der Waals surface area (Å²) < 4.78 is 12.9. The Bertz CT molecular complexity index is 446. The number of benzene rings is 1. The molecule has 3 atom stereocenters. The number of hydrogen-bond acceptors (Lipinski definition) is 1. The molecule has 1 N–H and O–H groups in total. The van der Waals surface area contributed by atoms with Gasteiger partial charge in [0.05, 0.1) is 0 Å². The average Bonchev–Trinajstić information content (AvgIpc) is 2.78. The van der Waals surface area contributed by atoms with E-state index in [0.717, 1.165) is 11.6 Å². The summed E-state index contributed by atoms with van der Waals surface area (Å²) in [4.78, 5) is 0. The molecular weight excluding hydrogens is 225 g/mol. The van der Waals surface area contributed by atoms with Gasteiger partial charge in [0, 0.05) is 11.7 Å². The van der Waals surface area contributed by atoms with Crippen molar-refractivity contribution < 1.29 is 4.39 Å². The van der Waals surface area contributed by atoms with Crippen molar-refractivity contribution in [2.24, 2.45) is 16.7 Å². The fourth-order valence-electron chi connectivity index (χ4n) is 4.38. The minimum atomic E-state index is -0.168. The standard InChI is InChI=1S/C16H22FN/c1-15(2)11-8-9-16(3,10-11)14(15)18-13-6-4-12(17)5-7-13/h4-7,11,14,18H,8-10H2,1-3H3. The maximum atomic E-state index is 12.9. The molecule has 18 heavy (non-hydrogen) atoms. The Labute approximate surface area is 109 Å². The monoisotopic (exact) mass is 247 g/mol. The lowest BCUT2D eigenvalue weighted by atomic mass is 9.68. The molecule has 2 aliphatic carbocycles. The summed E-state index contributed by atoms with van der Waals surface area (Å²) in [6, 6.07) is 7.26. The Balaban J connectivity index is 1.86. The molecule has 2 bridgehead atoms. The second-order valence-corrected chi connectivity index (χ2v) is 7.00. The molecule has 3 unspecified atom stereocenters. The van der Waals surface area contributed by atoms with Crippen LogP contribution in [0.5, 0.6) is 0 Å². The maximum absolute atomic E-state index is 12.9. The van der Waals surface area contributed by atoms with Crippen LogP contribution in [0.4, 0.5) is 10.1 Å². The first-order valence-electron chi connectivity index (χ1n) is 6.94.